The van der Waals surface area contributed by atoms with Crippen molar-refractivity contribution < 1.29 is 4.79 Å². The van der Waals surface area contributed by atoms with Crippen molar-refractivity contribution in [1.29, 1.82) is 0 Å². The molecule has 12 heavy (non-hydrogen) atoms. The summed E-state index contributed by atoms with van der Waals surface area (Å²) in [5.41, 5.74) is -0.0285. The largest absolute Gasteiger partial charge is 0.338 e. The van der Waals surface area contributed by atoms with E-state index in [4.69, 9.17) is 0 Å². The van der Waals surface area contributed by atoms with E-state index in [0.29, 0.717) is 12.5 Å². The number of urea groups is 1. The molecule has 3 nitrogen and oxygen atoms in total. The Balaban J connectivity index is 2.32. The minimum Gasteiger partial charge on any atom is -0.338 e. The molecule has 0 unspecified atom stereocenters. The van der Waals surface area contributed by atoms with E-state index in [1.54, 1.807) is 0 Å². The van der Waals surface area contributed by atoms with Gasteiger partial charge in [0, 0.05) is 12.1 Å². The average molecular weight is 170 g/mol. The summed E-state index contributed by atoms with van der Waals surface area (Å²) in [6.07, 6.45) is 2.50. The molecule has 1 fully saturated rings. The van der Waals surface area contributed by atoms with Crippen molar-refractivity contribution in [3.63, 3.8) is 0 Å². The van der Waals surface area contributed by atoms with Crippen molar-refractivity contribution in [2.24, 2.45) is 5.92 Å². The standard InChI is InChI=1S/C9H18N2O/c1-4-10-8(12)11-9(2,3)7-5-6-7/h7H,4-6H2,1-3H3,(H2,10,11,12). The summed E-state index contributed by atoms with van der Waals surface area (Å²) >= 11 is 0. The SMILES string of the molecule is CCNC(=O)NC(C)(C)C1CC1. The number of rotatable bonds is 3. The molecule has 0 atom stereocenters. The fourth-order valence-corrected chi connectivity index (χ4v) is 1.40. The number of amides is 2. The number of carbonyl (C=O) groups excluding carboxylic acids is 1. The lowest BCUT2D eigenvalue weighted by Gasteiger charge is -2.25. The molecule has 0 radical (unpaired) electrons. The topological polar surface area (TPSA) is 41.1 Å². The number of hydrogen-bond donors (Lipinski definition) is 2. The molecule has 0 heterocycles. The highest BCUT2D eigenvalue weighted by atomic mass is 16.2. The van der Waals surface area contributed by atoms with E-state index in [9.17, 15) is 4.79 Å². The molecule has 2 N–H and O–H groups in total. The van der Waals surface area contributed by atoms with Gasteiger partial charge < -0.3 is 10.6 Å². The monoisotopic (exact) mass is 170 g/mol. The molecule has 0 aromatic rings. The zero-order chi connectivity index (χ0) is 9.19. The van der Waals surface area contributed by atoms with Gasteiger partial charge in [-0.1, -0.05) is 0 Å². The Morgan fingerprint density at radius 3 is 2.50 bits per heavy atom. The Labute approximate surface area is 73.9 Å². The minimum atomic E-state index is -0.0469. The predicted molar refractivity (Wildman–Crippen MR) is 49.0 cm³/mol. The van der Waals surface area contributed by atoms with Crippen LogP contribution in [0.1, 0.15) is 33.6 Å². The molecule has 1 aliphatic carbocycles. The molecule has 1 aliphatic rings. The molecule has 0 saturated heterocycles. The highest BCUT2D eigenvalue weighted by Gasteiger charge is 2.38. The molecule has 0 bridgehead atoms. The summed E-state index contributed by atoms with van der Waals surface area (Å²) in [5.74, 6) is 0.681. The predicted octanol–water partition coefficient (Wildman–Crippen LogP) is 1.49. The van der Waals surface area contributed by atoms with Gasteiger partial charge in [0.2, 0.25) is 0 Å². The smallest absolute Gasteiger partial charge is 0.315 e. The van der Waals surface area contributed by atoms with Gasteiger partial charge in [-0.3, -0.25) is 0 Å². The van der Waals surface area contributed by atoms with E-state index in [1.165, 1.54) is 12.8 Å². The van der Waals surface area contributed by atoms with Gasteiger partial charge in [0.05, 0.1) is 0 Å². The van der Waals surface area contributed by atoms with Gasteiger partial charge in [-0.15, -0.1) is 0 Å². The lowest BCUT2D eigenvalue weighted by Crippen LogP contribution is -2.49. The Morgan fingerprint density at radius 1 is 1.50 bits per heavy atom. The normalized spacial score (nSPS) is 17.2. The van der Waals surface area contributed by atoms with Crippen molar-refractivity contribution in [3.8, 4) is 0 Å². The van der Waals surface area contributed by atoms with Crippen molar-refractivity contribution >= 4 is 6.03 Å². The highest BCUT2D eigenvalue weighted by Crippen LogP contribution is 2.38. The second-order valence-corrected chi connectivity index (χ2v) is 3.98. The van der Waals surface area contributed by atoms with Crippen LogP contribution in [0.5, 0.6) is 0 Å². The minimum absolute atomic E-state index is 0.0285. The molecule has 2 amide bonds. The van der Waals surface area contributed by atoms with E-state index in [2.05, 4.69) is 24.5 Å². The summed E-state index contributed by atoms with van der Waals surface area (Å²) in [5, 5.41) is 5.70. The molecule has 1 rings (SSSR count). The summed E-state index contributed by atoms with van der Waals surface area (Å²) in [6.45, 7) is 6.77. The number of nitrogens with one attached hydrogen (secondary N) is 2. The first kappa shape index (κ1) is 9.36. The second-order valence-electron chi connectivity index (χ2n) is 3.98. The molecular formula is C9H18N2O. The maximum Gasteiger partial charge on any atom is 0.315 e. The lowest BCUT2D eigenvalue weighted by atomic mass is 9.99. The van der Waals surface area contributed by atoms with E-state index in [-0.39, 0.29) is 11.6 Å². The van der Waals surface area contributed by atoms with Gasteiger partial charge in [-0.25, -0.2) is 4.79 Å². The summed E-state index contributed by atoms with van der Waals surface area (Å²) in [4.78, 5) is 11.2. The third-order valence-electron chi connectivity index (χ3n) is 2.37. The van der Waals surface area contributed by atoms with Crippen molar-refractivity contribution in [2.45, 2.75) is 39.2 Å². The molecule has 3 heteroatoms. The van der Waals surface area contributed by atoms with Gasteiger partial charge in [-0.2, -0.15) is 0 Å². The Bertz CT molecular complexity index is 173. The van der Waals surface area contributed by atoms with Crippen LogP contribution in [0, 0.1) is 5.92 Å². The molecule has 0 aliphatic heterocycles. The summed E-state index contributed by atoms with van der Waals surface area (Å²) in [6, 6.07) is -0.0469. The fourth-order valence-electron chi connectivity index (χ4n) is 1.40. The quantitative estimate of drug-likeness (QED) is 0.662. The Kier molecular flexibility index (Phi) is 2.60. The fraction of sp³-hybridized carbons (Fsp3) is 0.889. The van der Waals surface area contributed by atoms with Crippen LogP contribution in [0.3, 0.4) is 0 Å². The zero-order valence-electron chi connectivity index (χ0n) is 8.11. The molecule has 70 valence electrons. The van der Waals surface area contributed by atoms with E-state index in [1.807, 2.05) is 6.92 Å². The lowest BCUT2D eigenvalue weighted by molar-refractivity contribution is 0.226. The van der Waals surface area contributed by atoms with E-state index in [0.717, 1.165) is 0 Å². The van der Waals surface area contributed by atoms with Crippen LogP contribution in [0.15, 0.2) is 0 Å². The molecular weight excluding hydrogens is 152 g/mol. The third-order valence-corrected chi connectivity index (χ3v) is 2.37. The van der Waals surface area contributed by atoms with Crippen LogP contribution >= 0.6 is 0 Å². The summed E-state index contributed by atoms with van der Waals surface area (Å²) in [7, 11) is 0. The first-order valence-corrected chi connectivity index (χ1v) is 4.62. The Hall–Kier alpha value is -0.730. The summed E-state index contributed by atoms with van der Waals surface area (Å²) < 4.78 is 0. The van der Waals surface area contributed by atoms with Crippen LogP contribution < -0.4 is 10.6 Å². The van der Waals surface area contributed by atoms with E-state index < -0.39 is 0 Å². The van der Waals surface area contributed by atoms with Gasteiger partial charge in [-0.05, 0) is 39.5 Å². The maximum absolute atomic E-state index is 11.2. The van der Waals surface area contributed by atoms with Crippen LogP contribution in [0.25, 0.3) is 0 Å². The molecule has 0 aromatic carbocycles. The zero-order valence-corrected chi connectivity index (χ0v) is 8.11. The van der Waals surface area contributed by atoms with Crippen molar-refractivity contribution in [1.82, 2.24) is 10.6 Å². The van der Waals surface area contributed by atoms with Gasteiger partial charge in [0.25, 0.3) is 0 Å². The highest BCUT2D eigenvalue weighted by molar-refractivity contribution is 5.74. The van der Waals surface area contributed by atoms with E-state index >= 15 is 0 Å². The molecule has 0 spiro atoms. The van der Waals surface area contributed by atoms with Gasteiger partial charge in [0.15, 0.2) is 0 Å². The maximum atomic E-state index is 11.2. The number of hydrogen-bond acceptors (Lipinski definition) is 1. The van der Waals surface area contributed by atoms with Crippen LogP contribution in [0.4, 0.5) is 4.79 Å². The average Bonchev–Trinajstić information content (AvgIpc) is 2.65. The van der Waals surface area contributed by atoms with Crippen LogP contribution in [0.2, 0.25) is 0 Å². The van der Waals surface area contributed by atoms with Crippen LogP contribution in [-0.4, -0.2) is 18.1 Å². The molecule has 0 aromatic heterocycles. The van der Waals surface area contributed by atoms with Crippen molar-refractivity contribution in [3.05, 3.63) is 0 Å². The van der Waals surface area contributed by atoms with Crippen LogP contribution in [-0.2, 0) is 0 Å². The first-order valence-electron chi connectivity index (χ1n) is 4.62. The van der Waals surface area contributed by atoms with Crippen molar-refractivity contribution in [2.75, 3.05) is 6.54 Å². The first-order chi connectivity index (χ1) is 5.56. The Morgan fingerprint density at radius 2 is 2.08 bits per heavy atom. The van der Waals surface area contributed by atoms with Gasteiger partial charge >= 0.3 is 6.03 Å². The number of carbonyl (C=O) groups is 1. The molecule has 1 saturated carbocycles. The third kappa shape index (κ3) is 2.40. The van der Waals surface area contributed by atoms with Gasteiger partial charge in [0.1, 0.15) is 0 Å². The second kappa shape index (κ2) is 3.33.